The van der Waals surface area contributed by atoms with Crippen molar-refractivity contribution in [3.05, 3.63) is 241 Å². The van der Waals surface area contributed by atoms with Crippen LogP contribution < -0.4 is 0 Å². The van der Waals surface area contributed by atoms with Gasteiger partial charge < -0.3 is 4.42 Å². The fourth-order valence-electron chi connectivity index (χ4n) is 9.63. The topological polar surface area (TPSA) is 38.9 Å². The minimum atomic E-state index is -0.517. The molecule has 0 fully saturated rings. The summed E-state index contributed by atoms with van der Waals surface area (Å²) in [4.78, 5) is 10.6. The highest BCUT2D eigenvalue weighted by molar-refractivity contribution is 6.14. The van der Waals surface area contributed by atoms with E-state index in [0.29, 0.717) is 5.82 Å². The van der Waals surface area contributed by atoms with E-state index in [2.05, 4.69) is 212 Å². The van der Waals surface area contributed by atoms with E-state index in [1.165, 1.54) is 49.7 Å². The Morgan fingerprint density at radius 1 is 0.350 bits per heavy atom. The first-order valence-corrected chi connectivity index (χ1v) is 20.5. The summed E-state index contributed by atoms with van der Waals surface area (Å²) in [5, 5.41) is 4.46. The predicted octanol–water partition coefficient (Wildman–Crippen LogP) is 14.6. The highest BCUT2D eigenvalue weighted by Gasteiger charge is 2.46. The fourth-order valence-corrected chi connectivity index (χ4v) is 9.63. The van der Waals surface area contributed by atoms with Crippen molar-refractivity contribution >= 4 is 32.7 Å². The summed E-state index contributed by atoms with van der Waals surface area (Å²) < 4.78 is 6.89. The molecule has 9 aromatic carbocycles. The highest BCUT2D eigenvalue weighted by Crippen LogP contribution is 2.57. The molecule has 0 saturated heterocycles. The van der Waals surface area contributed by atoms with Gasteiger partial charge >= 0.3 is 0 Å². The second-order valence-corrected chi connectivity index (χ2v) is 15.7. The van der Waals surface area contributed by atoms with Gasteiger partial charge in [0.2, 0.25) is 0 Å². The zero-order valence-corrected chi connectivity index (χ0v) is 32.6. The van der Waals surface area contributed by atoms with Crippen LogP contribution in [-0.4, -0.2) is 9.97 Å². The van der Waals surface area contributed by atoms with Crippen LogP contribution >= 0.6 is 0 Å². The number of aromatic nitrogens is 2. The van der Waals surface area contributed by atoms with Gasteiger partial charge in [0.25, 0.3) is 0 Å². The van der Waals surface area contributed by atoms with Crippen LogP contribution in [0.4, 0.5) is 0 Å². The lowest BCUT2D eigenvalue weighted by molar-refractivity contribution is 0.666. The largest absolute Gasteiger partial charge is 0.456 e. The minimum Gasteiger partial charge on any atom is -0.456 e. The van der Waals surface area contributed by atoms with Crippen LogP contribution in [0.25, 0.3) is 88.9 Å². The van der Waals surface area contributed by atoms with Crippen LogP contribution in [0.2, 0.25) is 0 Å². The van der Waals surface area contributed by atoms with Crippen LogP contribution in [0.1, 0.15) is 22.3 Å². The second kappa shape index (κ2) is 13.6. The molecule has 60 heavy (non-hydrogen) atoms. The minimum absolute atomic E-state index is 0.517. The van der Waals surface area contributed by atoms with Gasteiger partial charge in [0, 0.05) is 27.5 Å². The van der Waals surface area contributed by atoms with Gasteiger partial charge in [0.05, 0.1) is 16.8 Å². The summed E-state index contributed by atoms with van der Waals surface area (Å²) in [7, 11) is 0. The van der Waals surface area contributed by atoms with E-state index in [9.17, 15) is 0 Å². The van der Waals surface area contributed by atoms with E-state index in [0.717, 1.165) is 55.6 Å². The monoisotopic (exact) mass is 764 g/mol. The van der Waals surface area contributed by atoms with Gasteiger partial charge in [-0.3, -0.25) is 0 Å². The molecule has 0 spiro atoms. The Kier molecular flexibility index (Phi) is 7.76. The number of hydrogen-bond acceptors (Lipinski definition) is 3. The van der Waals surface area contributed by atoms with E-state index < -0.39 is 5.41 Å². The van der Waals surface area contributed by atoms with Crippen molar-refractivity contribution in [2.24, 2.45) is 0 Å². The third-order valence-corrected chi connectivity index (χ3v) is 12.4. The lowest BCUT2D eigenvalue weighted by Crippen LogP contribution is -2.28. The normalized spacial score (nSPS) is 12.8. The summed E-state index contributed by atoms with van der Waals surface area (Å²) >= 11 is 0. The van der Waals surface area contributed by atoms with E-state index in [4.69, 9.17) is 14.4 Å². The van der Waals surface area contributed by atoms with Gasteiger partial charge in [-0.2, -0.15) is 0 Å². The molecule has 1 aliphatic carbocycles. The lowest BCUT2D eigenvalue weighted by atomic mass is 9.67. The van der Waals surface area contributed by atoms with Gasteiger partial charge in [-0.05, 0) is 85.6 Å². The molecular weight excluding hydrogens is 729 g/mol. The van der Waals surface area contributed by atoms with Crippen molar-refractivity contribution in [2.45, 2.75) is 5.41 Å². The van der Waals surface area contributed by atoms with E-state index in [1.54, 1.807) is 0 Å². The fraction of sp³-hybridized carbons (Fsp3) is 0.0175. The summed E-state index contributed by atoms with van der Waals surface area (Å²) in [5.41, 5.74) is 15.6. The Morgan fingerprint density at radius 3 is 1.72 bits per heavy atom. The summed E-state index contributed by atoms with van der Waals surface area (Å²) in [6.45, 7) is 0. The van der Waals surface area contributed by atoms with Crippen molar-refractivity contribution in [3.8, 4) is 56.2 Å². The summed E-state index contributed by atoms with van der Waals surface area (Å²) in [6.07, 6.45) is 0. The molecule has 0 unspecified atom stereocenters. The van der Waals surface area contributed by atoms with Gasteiger partial charge in [-0.15, -0.1) is 0 Å². The number of hydrogen-bond donors (Lipinski definition) is 0. The Morgan fingerprint density at radius 2 is 0.950 bits per heavy atom. The maximum atomic E-state index is 6.89. The zero-order chi connectivity index (χ0) is 39.6. The van der Waals surface area contributed by atoms with Crippen LogP contribution in [0.5, 0.6) is 0 Å². The maximum absolute atomic E-state index is 6.89. The third-order valence-electron chi connectivity index (χ3n) is 12.4. The van der Waals surface area contributed by atoms with Crippen LogP contribution in [0.3, 0.4) is 0 Å². The predicted molar refractivity (Wildman–Crippen MR) is 246 cm³/mol. The first-order valence-electron chi connectivity index (χ1n) is 20.5. The first kappa shape index (κ1) is 34.2. The Bertz CT molecular complexity index is 3370. The molecule has 3 nitrogen and oxygen atoms in total. The smallest absolute Gasteiger partial charge is 0.160 e. The quantitative estimate of drug-likeness (QED) is 0.169. The zero-order valence-electron chi connectivity index (χ0n) is 32.6. The molecule has 0 aliphatic heterocycles. The average molecular weight is 765 g/mol. The molecular formula is C57H36N2O. The molecule has 3 heteroatoms. The molecule has 2 heterocycles. The summed E-state index contributed by atoms with van der Waals surface area (Å²) in [5.74, 6) is 0.672. The molecule has 0 saturated carbocycles. The molecule has 12 rings (SSSR count). The maximum Gasteiger partial charge on any atom is 0.160 e. The first-order chi connectivity index (χ1) is 29.7. The molecule has 0 bridgehead atoms. The highest BCUT2D eigenvalue weighted by atomic mass is 16.3. The van der Waals surface area contributed by atoms with Gasteiger partial charge in [-0.25, -0.2) is 9.97 Å². The van der Waals surface area contributed by atoms with Crippen molar-refractivity contribution < 1.29 is 4.42 Å². The molecule has 0 atom stereocenters. The van der Waals surface area contributed by atoms with Crippen molar-refractivity contribution in [2.75, 3.05) is 0 Å². The van der Waals surface area contributed by atoms with Crippen molar-refractivity contribution in [1.29, 1.82) is 0 Å². The molecule has 0 N–H and O–H groups in total. The number of furan rings is 1. The van der Waals surface area contributed by atoms with Gasteiger partial charge in [0.1, 0.15) is 11.2 Å². The molecule has 280 valence electrons. The van der Waals surface area contributed by atoms with E-state index in [1.807, 2.05) is 6.07 Å². The third kappa shape index (κ3) is 5.30. The molecule has 0 amide bonds. The Hall–Kier alpha value is -7.88. The SMILES string of the molecule is c1ccc(-c2ccc(-c3nc(-c4ccc5ccccc5c4)cc(-c4cccc5oc6cc7c(cc6c45)-c4ccccc4C7(c4ccccc4)c4ccccc4)n3)cc2)cc1. The number of rotatable bonds is 6. The Labute approximate surface area is 347 Å². The molecule has 2 aromatic heterocycles. The van der Waals surface area contributed by atoms with Crippen LogP contribution in [0.15, 0.2) is 223 Å². The molecule has 1 aliphatic rings. The standard InChI is InChI=1S/C57H36N2O/c1-4-15-37(16-5-1)39-27-30-40(31-28-39)56-58-51(42-32-29-38-17-10-11-18-41(38)33-42)36-52(59-56)46-24-14-26-53-55(46)48-34-47-45-23-12-13-25-49(45)57(43-19-6-2-7-20-43,44-21-8-3-9-22-44)50(47)35-54(48)60-53/h1-36H. The van der Waals surface area contributed by atoms with Crippen LogP contribution in [-0.2, 0) is 5.41 Å². The van der Waals surface area contributed by atoms with E-state index in [-0.39, 0.29) is 0 Å². The van der Waals surface area contributed by atoms with Crippen LogP contribution in [0, 0.1) is 0 Å². The number of benzene rings is 9. The molecule has 0 radical (unpaired) electrons. The average Bonchev–Trinajstić information content (AvgIpc) is 3.84. The number of nitrogens with zero attached hydrogens (tertiary/aromatic N) is 2. The van der Waals surface area contributed by atoms with Gasteiger partial charge in [0.15, 0.2) is 5.82 Å². The van der Waals surface area contributed by atoms with Crippen molar-refractivity contribution in [3.63, 3.8) is 0 Å². The lowest BCUT2D eigenvalue weighted by Gasteiger charge is -2.33. The van der Waals surface area contributed by atoms with Crippen molar-refractivity contribution in [1.82, 2.24) is 9.97 Å². The Balaban J connectivity index is 1.09. The second-order valence-electron chi connectivity index (χ2n) is 15.7. The van der Waals surface area contributed by atoms with Gasteiger partial charge in [-0.1, -0.05) is 188 Å². The van der Waals surface area contributed by atoms with E-state index >= 15 is 0 Å². The summed E-state index contributed by atoms with van der Waals surface area (Å²) in [6, 6.07) is 77.9. The molecule has 11 aromatic rings. The number of fused-ring (bicyclic) bond motifs is 7.